The van der Waals surface area contributed by atoms with E-state index in [-0.39, 0.29) is 35.5 Å². The molecule has 2 aliphatic rings. The van der Waals surface area contributed by atoms with Gasteiger partial charge in [0.1, 0.15) is 5.82 Å². The monoisotopic (exact) mass is 373 g/mol. The van der Waals surface area contributed by atoms with Crippen molar-refractivity contribution in [3.8, 4) is 0 Å². The van der Waals surface area contributed by atoms with Crippen molar-refractivity contribution >= 4 is 23.0 Å². The first-order valence-electron chi connectivity index (χ1n) is 8.69. The Hall–Kier alpha value is -2.09. The SMILES string of the molecule is CC(=O)c1cc(C(=O)N2CCC3NNC(c4ccccc4F)C3C2)cs1. The van der Waals surface area contributed by atoms with Crippen molar-refractivity contribution in [3.63, 3.8) is 0 Å². The molecular weight excluding hydrogens is 353 g/mol. The number of nitrogens with one attached hydrogen (secondary N) is 2. The number of rotatable bonds is 3. The minimum atomic E-state index is -0.236. The quantitative estimate of drug-likeness (QED) is 0.813. The summed E-state index contributed by atoms with van der Waals surface area (Å²) in [5.74, 6) is -0.238. The van der Waals surface area contributed by atoms with Crippen LogP contribution < -0.4 is 10.9 Å². The molecule has 2 aromatic rings. The Morgan fingerprint density at radius 1 is 1.27 bits per heavy atom. The zero-order valence-corrected chi connectivity index (χ0v) is 15.2. The highest BCUT2D eigenvalue weighted by Gasteiger charge is 2.42. The van der Waals surface area contributed by atoms with E-state index in [0.29, 0.717) is 29.1 Å². The number of hydrazine groups is 1. The summed E-state index contributed by atoms with van der Waals surface area (Å²) < 4.78 is 14.2. The van der Waals surface area contributed by atoms with Gasteiger partial charge in [-0.1, -0.05) is 18.2 Å². The molecule has 1 aromatic carbocycles. The van der Waals surface area contributed by atoms with Crippen LogP contribution in [0.4, 0.5) is 4.39 Å². The van der Waals surface area contributed by atoms with E-state index in [1.54, 1.807) is 23.6 Å². The Labute approximate surface area is 155 Å². The zero-order valence-electron chi connectivity index (χ0n) is 14.4. The number of likely N-dealkylation sites (tertiary alicyclic amines) is 1. The van der Waals surface area contributed by atoms with Crippen LogP contribution >= 0.6 is 11.3 Å². The van der Waals surface area contributed by atoms with E-state index >= 15 is 0 Å². The third-order valence-electron chi connectivity index (χ3n) is 5.23. The summed E-state index contributed by atoms with van der Waals surface area (Å²) in [4.78, 5) is 26.7. The summed E-state index contributed by atoms with van der Waals surface area (Å²) in [6.45, 7) is 2.69. The molecule has 0 radical (unpaired) electrons. The summed E-state index contributed by atoms with van der Waals surface area (Å²) in [6.07, 6.45) is 0.804. The van der Waals surface area contributed by atoms with E-state index in [1.807, 2.05) is 11.0 Å². The van der Waals surface area contributed by atoms with Crippen molar-refractivity contribution in [2.45, 2.75) is 25.4 Å². The molecule has 1 amide bonds. The second-order valence-corrected chi connectivity index (χ2v) is 7.77. The summed E-state index contributed by atoms with van der Waals surface area (Å²) in [5.41, 5.74) is 7.64. The minimum Gasteiger partial charge on any atom is -0.338 e. The number of nitrogens with zero attached hydrogens (tertiary/aromatic N) is 1. The van der Waals surface area contributed by atoms with Gasteiger partial charge in [-0.2, -0.15) is 0 Å². The van der Waals surface area contributed by atoms with Gasteiger partial charge in [-0.3, -0.25) is 15.0 Å². The molecule has 3 heterocycles. The van der Waals surface area contributed by atoms with Gasteiger partial charge >= 0.3 is 0 Å². The highest BCUT2D eigenvalue weighted by atomic mass is 32.1. The van der Waals surface area contributed by atoms with Crippen LogP contribution in [-0.4, -0.2) is 35.7 Å². The van der Waals surface area contributed by atoms with Crippen molar-refractivity contribution in [2.75, 3.05) is 13.1 Å². The topological polar surface area (TPSA) is 61.4 Å². The lowest BCUT2D eigenvalue weighted by molar-refractivity contribution is 0.0652. The van der Waals surface area contributed by atoms with Crippen LogP contribution in [0.25, 0.3) is 0 Å². The fraction of sp³-hybridized carbons (Fsp3) is 0.368. The van der Waals surface area contributed by atoms with Crippen LogP contribution in [0.5, 0.6) is 0 Å². The molecule has 2 aliphatic heterocycles. The first-order chi connectivity index (χ1) is 12.5. The number of piperidine rings is 1. The normalized spacial score (nSPS) is 25.2. The number of halogens is 1. The Morgan fingerprint density at radius 2 is 2.08 bits per heavy atom. The van der Waals surface area contributed by atoms with E-state index in [4.69, 9.17) is 0 Å². The van der Waals surface area contributed by atoms with Gasteiger partial charge in [-0.15, -0.1) is 11.3 Å². The van der Waals surface area contributed by atoms with Gasteiger partial charge in [0.2, 0.25) is 0 Å². The predicted molar refractivity (Wildman–Crippen MR) is 97.5 cm³/mol. The summed E-state index contributed by atoms with van der Waals surface area (Å²) in [6, 6.07) is 8.46. The Morgan fingerprint density at radius 3 is 2.81 bits per heavy atom. The first-order valence-corrected chi connectivity index (χ1v) is 9.57. The van der Waals surface area contributed by atoms with Crippen LogP contribution in [0.3, 0.4) is 0 Å². The average molecular weight is 373 g/mol. The van der Waals surface area contributed by atoms with Crippen LogP contribution in [0.15, 0.2) is 35.7 Å². The molecule has 0 aliphatic carbocycles. The maximum absolute atomic E-state index is 14.2. The van der Waals surface area contributed by atoms with Gasteiger partial charge in [-0.05, 0) is 25.5 Å². The lowest BCUT2D eigenvalue weighted by Gasteiger charge is -2.36. The van der Waals surface area contributed by atoms with E-state index in [9.17, 15) is 14.0 Å². The Balaban J connectivity index is 1.53. The van der Waals surface area contributed by atoms with Crippen LogP contribution in [0.2, 0.25) is 0 Å². The second-order valence-electron chi connectivity index (χ2n) is 6.85. The molecular formula is C19H20FN3O2S. The van der Waals surface area contributed by atoms with Crippen LogP contribution in [-0.2, 0) is 0 Å². The second kappa shape index (κ2) is 6.90. The summed E-state index contributed by atoms with van der Waals surface area (Å²) in [5, 5.41) is 1.74. The fourth-order valence-corrected chi connectivity index (χ4v) is 4.62. The molecule has 3 unspecified atom stereocenters. The molecule has 2 fully saturated rings. The third kappa shape index (κ3) is 3.06. The van der Waals surface area contributed by atoms with Crippen LogP contribution in [0.1, 0.15) is 45.0 Å². The molecule has 3 atom stereocenters. The summed E-state index contributed by atoms with van der Waals surface area (Å²) >= 11 is 1.30. The van der Waals surface area contributed by atoms with E-state index in [0.717, 1.165) is 6.42 Å². The zero-order chi connectivity index (χ0) is 18.3. The molecule has 7 heteroatoms. The molecule has 0 saturated carbocycles. The molecule has 1 aromatic heterocycles. The minimum absolute atomic E-state index is 0.0310. The molecule has 0 bridgehead atoms. The number of ketones is 1. The van der Waals surface area contributed by atoms with E-state index in [2.05, 4.69) is 10.9 Å². The lowest BCUT2D eigenvalue weighted by Crippen LogP contribution is -2.47. The molecule has 2 N–H and O–H groups in total. The predicted octanol–water partition coefficient (Wildman–Crippen LogP) is 2.77. The molecule has 4 rings (SSSR count). The number of benzene rings is 1. The number of carbonyl (C=O) groups is 2. The standard InChI is InChI=1S/C19H20FN3O2S/c1-11(24)17-8-12(10-26-17)19(25)23-7-6-16-14(9-23)18(22-21-16)13-4-2-3-5-15(13)20/h2-5,8,10,14,16,18,21-22H,6-7,9H2,1H3. The number of hydrogen-bond donors (Lipinski definition) is 2. The van der Waals surface area contributed by atoms with Gasteiger partial charge in [-0.25, -0.2) is 9.82 Å². The fourth-order valence-electron chi connectivity index (χ4n) is 3.84. The number of hydrogen-bond acceptors (Lipinski definition) is 5. The summed E-state index contributed by atoms with van der Waals surface area (Å²) in [7, 11) is 0. The Bertz CT molecular complexity index is 853. The van der Waals surface area contributed by atoms with Crippen molar-refractivity contribution < 1.29 is 14.0 Å². The first kappa shape index (κ1) is 17.3. The highest BCUT2D eigenvalue weighted by molar-refractivity contribution is 7.12. The maximum Gasteiger partial charge on any atom is 0.254 e. The molecule has 0 spiro atoms. The molecule has 26 heavy (non-hydrogen) atoms. The van der Waals surface area contributed by atoms with Gasteiger partial charge in [0.25, 0.3) is 5.91 Å². The van der Waals surface area contributed by atoms with Crippen molar-refractivity contribution in [2.24, 2.45) is 5.92 Å². The van der Waals surface area contributed by atoms with E-state index < -0.39 is 0 Å². The molecule has 136 valence electrons. The number of Topliss-reactive ketones (excluding diaryl/α,β-unsaturated/α-hetero) is 1. The average Bonchev–Trinajstić information content (AvgIpc) is 3.28. The van der Waals surface area contributed by atoms with Gasteiger partial charge in [0, 0.05) is 36.0 Å². The molecule has 2 saturated heterocycles. The largest absolute Gasteiger partial charge is 0.338 e. The highest BCUT2D eigenvalue weighted by Crippen LogP contribution is 2.35. The van der Waals surface area contributed by atoms with Crippen molar-refractivity contribution in [1.29, 1.82) is 0 Å². The number of thiophene rings is 1. The maximum atomic E-state index is 14.2. The number of carbonyl (C=O) groups excluding carboxylic acids is 2. The Kier molecular flexibility index (Phi) is 4.60. The van der Waals surface area contributed by atoms with Gasteiger partial charge in [0.05, 0.1) is 16.5 Å². The van der Waals surface area contributed by atoms with Crippen molar-refractivity contribution in [1.82, 2.24) is 15.8 Å². The van der Waals surface area contributed by atoms with E-state index in [1.165, 1.54) is 24.3 Å². The lowest BCUT2D eigenvalue weighted by atomic mass is 9.84. The van der Waals surface area contributed by atoms with Crippen molar-refractivity contribution in [3.05, 3.63) is 57.5 Å². The molecule has 5 nitrogen and oxygen atoms in total. The smallest absolute Gasteiger partial charge is 0.254 e. The van der Waals surface area contributed by atoms with Gasteiger partial charge < -0.3 is 4.90 Å². The van der Waals surface area contributed by atoms with Crippen LogP contribution in [0, 0.1) is 11.7 Å². The number of fused-ring (bicyclic) bond motifs is 1. The number of amides is 1. The third-order valence-corrected chi connectivity index (χ3v) is 6.26. The van der Waals surface area contributed by atoms with Gasteiger partial charge in [0.15, 0.2) is 5.78 Å².